The van der Waals surface area contributed by atoms with Gasteiger partial charge in [-0.05, 0) is 36.9 Å². The van der Waals surface area contributed by atoms with E-state index < -0.39 is 0 Å². The van der Waals surface area contributed by atoms with Crippen LogP contribution in [0.5, 0.6) is 11.5 Å². The Labute approximate surface area is 141 Å². The highest BCUT2D eigenvalue weighted by molar-refractivity contribution is 7.09. The first-order valence-corrected chi connectivity index (χ1v) is 8.74. The maximum Gasteiger partial charge on any atom is 0.180 e. The van der Waals surface area contributed by atoms with Crippen molar-refractivity contribution in [3.8, 4) is 11.5 Å². The zero-order chi connectivity index (χ0) is 15.9. The average Bonchev–Trinajstić information content (AvgIpc) is 3.04. The fourth-order valence-electron chi connectivity index (χ4n) is 2.07. The molecule has 120 valence electrons. The zero-order valence-corrected chi connectivity index (χ0v) is 14.8. The van der Waals surface area contributed by atoms with Gasteiger partial charge in [0, 0.05) is 10.4 Å². The highest BCUT2D eigenvalue weighted by Gasteiger charge is 2.14. The Morgan fingerprint density at radius 2 is 2.18 bits per heavy atom. The van der Waals surface area contributed by atoms with Crippen molar-refractivity contribution >= 4 is 22.9 Å². The number of quaternary nitrogens is 1. The summed E-state index contributed by atoms with van der Waals surface area (Å²) in [6.07, 6.45) is 1.15. The van der Waals surface area contributed by atoms with Gasteiger partial charge in [-0.25, -0.2) is 0 Å². The van der Waals surface area contributed by atoms with Crippen LogP contribution in [0.4, 0.5) is 0 Å². The Morgan fingerprint density at radius 3 is 2.82 bits per heavy atom. The van der Waals surface area contributed by atoms with E-state index in [0.717, 1.165) is 23.4 Å². The molecule has 2 aromatic rings. The Hall–Kier alpha value is -1.23. The largest absolute Gasteiger partial charge is 0.493 e. The van der Waals surface area contributed by atoms with Crippen LogP contribution in [0, 0.1) is 0 Å². The smallest absolute Gasteiger partial charge is 0.180 e. The molecule has 22 heavy (non-hydrogen) atoms. The highest BCUT2D eigenvalue weighted by atomic mass is 35.5. The van der Waals surface area contributed by atoms with Crippen LogP contribution in [0.15, 0.2) is 29.6 Å². The second kappa shape index (κ2) is 8.42. The SMILES string of the molecule is CC[C@@H](C)[NH2+]Cc1cc(Cl)c(OCc2cccs2)c(OC)c1. The van der Waals surface area contributed by atoms with E-state index in [4.69, 9.17) is 21.1 Å². The average molecular weight is 341 g/mol. The fourth-order valence-corrected chi connectivity index (χ4v) is 2.98. The van der Waals surface area contributed by atoms with E-state index in [9.17, 15) is 0 Å². The number of halogens is 1. The minimum absolute atomic E-state index is 0.506. The molecular formula is C17H23ClNO2S+. The van der Waals surface area contributed by atoms with Crippen LogP contribution in [0.3, 0.4) is 0 Å². The number of benzene rings is 1. The van der Waals surface area contributed by atoms with Gasteiger partial charge in [0.15, 0.2) is 11.5 Å². The van der Waals surface area contributed by atoms with E-state index in [1.54, 1.807) is 18.4 Å². The lowest BCUT2D eigenvalue weighted by atomic mass is 10.1. The van der Waals surface area contributed by atoms with Gasteiger partial charge < -0.3 is 14.8 Å². The number of nitrogens with two attached hydrogens (primary N) is 1. The molecule has 0 unspecified atom stereocenters. The molecule has 1 aromatic carbocycles. The number of methoxy groups -OCH3 is 1. The molecule has 1 aromatic heterocycles. The van der Waals surface area contributed by atoms with Gasteiger partial charge in [0.05, 0.1) is 18.2 Å². The lowest BCUT2D eigenvalue weighted by Gasteiger charge is -2.14. The molecule has 0 fully saturated rings. The summed E-state index contributed by atoms with van der Waals surface area (Å²) >= 11 is 8.05. The van der Waals surface area contributed by atoms with Gasteiger partial charge in [-0.3, -0.25) is 0 Å². The van der Waals surface area contributed by atoms with E-state index in [-0.39, 0.29) is 0 Å². The minimum atomic E-state index is 0.506. The van der Waals surface area contributed by atoms with Crippen LogP contribution in [0.25, 0.3) is 0 Å². The Morgan fingerprint density at radius 1 is 1.36 bits per heavy atom. The summed E-state index contributed by atoms with van der Waals surface area (Å²) in [6, 6.07) is 8.62. The maximum atomic E-state index is 6.39. The van der Waals surface area contributed by atoms with E-state index >= 15 is 0 Å². The van der Waals surface area contributed by atoms with Crippen LogP contribution in [-0.4, -0.2) is 13.2 Å². The van der Waals surface area contributed by atoms with Gasteiger partial charge in [0.2, 0.25) is 0 Å². The topological polar surface area (TPSA) is 35.1 Å². The molecule has 2 N–H and O–H groups in total. The number of rotatable bonds is 8. The van der Waals surface area contributed by atoms with Crippen molar-refractivity contribution in [2.45, 2.75) is 39.5 Å². The van der Waals surface area contributed by atoms with Crippen molar-refractivity contribution in [1.29, 1.82) is 0 Å². The second-order valence-corrected chi connectivity index (χ2v) is 6.74. The van der Waals surface area contributed by atoms with Crippen molar-refractivity contribution in [2.24, 2.45) is 0 Å². The van der Waals surface area contributed by atoms with Gasteiger partial charge in [-0.2, -0.15) is 0 Å². The number of ether oxygens (including phenoxy) is 2. The molecule has 1 atom stereocenters. The monoisotopic (exact) mass is 340 g/mol. The Balaban J connectivity index is 2.09. The minimum Gasteiger partial charge on any atom is -0.493 e. The van der Waals surface area contributed by atoms with Gasteiger partial charge in [-0.15, -0.1) is 11.3 Å². The van der Waals surface area contributed by atoms with Crippen LogP contribution in [0.2, 0.25) is 5.02 Å². The van der Waals surface area contributed by atoms with Crippen molar-refractivity contribution in [1.82, 2.24) is 0 Å². The summed E-state index contributed by atoms with van der Waals surface area (Å²) in [5.41, 5.74) is 1.14. The van der Waals surface area contributed by atoms with Crippen LogP contribution < -0.4 is 14.8 Å². The lowest BCUT2D eigenvalue weighted by molar-refractivity contribution is -0.701. The molecule has 1 heterocycles. The van der Waals surface area contributed by atoms with Gasteiger partial charge in [-0.1, -0.05) is 24.6 Å². The van der Waals surface area contributed by atoms with Crippen LogP contribution in [-0.2, 0) is 13.2 Å². The van der Waals surface area contributed by atoms with Crippen molar-refractivity contribution in [3.05, 3.63) is 45.1 Å². The number of thiophene rings is 1. The molecule has 0 amide bonds. The first kappa shape index (κ1) is 17.1. The molecule has 3 nitrogen and oxygen atoms in total. The first-order valence-electron chi connectivity index (χ1n) is 7.49. The lowest BCUT2D eigenvalue weighted by Crippen LogP contribution is -2.87. The quantitative estimate of drug-likeness (QED) is 0.792. The second-order valence-electron chi connectivity index (χ2n) is 5.30. The predicted molar refractivity (Wildman–Crippen MR) is 92.0 cm³/mol. The first-order chi connectivity index (χ1) is 10.6. The van der Waals surface area contributed by atoms with Gasteiger partial charge in [0.25, 0.3) is 0 Å². The molecule has 0 saturated heterocycles. The third-order valence-electron chi connectivity index (χ3n) is 3.63. The van der Waals surface area contributed by atoms with Crippen LogP contribution >= 0.6 is 22.9 Å². The summed E-state index contributed by atoms with van der Waals surface area (Å²) in [4.78, 5) is 1.16. The van der Waals surface area contributed by atoms with Gasteiger partial charge in [0.1, 0.15) is 13.2 Å². The van der Waals surface area contributed by atoms with Gasteiger partial charge >= 0.3 is 0 Å². The third kappa shape index (κ3) is 4.63. The van der Waals surface area contributed by atoms with Crippen molar-refractivity contribution in [3.63, 3.8) is 0 Å². The summed E-state index contributed by atoms with van der Waals surface area (Å²) < 4.78 is 11.3. The van der Waals surface area contributed by atoms with E-state index in [2.05, 4.69) is 19.2 Å². The van der Waals surface area contributed by atoms with E-state index in [1.165, 1.54) is 0 Å². The Kier molecular flexibility index (Phi) is 6.55. The predicted octanol–water partition coefficient (Wildman–Crippen LogP) is 3.85. The molecule has 2 rings (SSSR count). The molecule has 0 spiro atoms. The summed E-state index contributed by atoms with van der Waals surface area (Å²) in [7, 11) is 1.64. The molecular weight excluding hydrogens is 318 g/mol. The standard InChI is InChI=1S/C17H22ClNO2S/c1-4-12(2)19-10-13-8-15(18)17(16(9-13)20-3)21-11-14-6-5-7-22-14/h5-9,12,19H,4,10-11H2,1-3H3/p+1/t12-/m1/s1. The van der Waals surface area contributed by atoms with Crippen molar-refractivity contribution < 1.29 is 14.8 Å². The zero-order valence-electron chi connectivity index (χ0n) is 13.3. The van der Waals surface area contributed by atoms with Crippen LogP contribution in [0.1, 0.15) is 30.7 Å². The molecule has 0 aliphatic heterocycles. The molecule has 0 aliphatic rings. The summed E-state index contributed by atoms with van der Waals surface area (Å²) in [6.45, 7) is 5.80. The molecule has 0 radical (unpaired) electrons. The summed E-state index contributed by atoms with van der Waals surface area (Å²) in [5.74, 6) is 1.31. The number of hydrogen-bond acceptors (Lipinski definition) is 3. The molecule has 0 aliphatic carbocycles. The normalized spacial score (nSPS) is 12.2. The third-order valence-corrected chi connectivity index (χ3v) is 4.76. The van der Waals surface area contributed by atoms with Crippen molar-refractivity contribution in [2.75, 3.05) is 7.11 Å². The number of hydrogen-bond donors (Lipinski definition) is 1. The Bertz CT molecular complexity index is 587. The van der Waals surface area contributed by atoms with E-state index in [0.29, 0.717) is 29.2 Å². The molecule has 0 saturated carbocycles. The maximum absolute atomic E-state index is 6.39. The molecule has 0 bridgehead atoms. The molecule has 5 heteroatoms. The highest BCUT2D eigenvalue weighted by Crippen LogP contribution is 2.37. The summed E-state index contributed by atoms with van der Waals surface area (Å²) in [5, 5.41) is 4.94. The fraction of sp³-hybridized carbons (Fsp3) is 0.412. The van der Waals surface area contributed by atoms with E-state index in [1.807, 2.05) is 29.6 Å².